The fraction of sp³-hybridized carbons (Fsp3) is 0.700. The molecule has 2 heterocycles. The van der Waals surface area contributed by atoms with Crippen LogP contribution in [0.2, 0.25) is 0 Å². The normalized spacial score (nSPS) is 22.9. The van der Waals surface area contributed by atoms with Gasteiger partial charge in [-0.15, -0.1) is 0 Å². The zero-order valence-corrected chi connectivity index (χ0v) is 8.90. The molecule has 4 nitrogen and oxygen atoms in total. The Labute approximate surface area is 84.9 Å². The fourth-order valence-electron chi connectivity index (χ4n) is 1.90. The zero-order valence-electron chi connectivity index (χ0n) is 8.90. The van der Waals surface area contributed by atoms with Gasteiger partial charge in [-0.1, -0.05) is 0 Å². The average Bonchev–Trinajstić information content (AvgIpc) is 2.76. The number of aromatic nitrogens is 2. The molecular weight excluding hydrogens is 176 g/mol. The number of aryl methyl sites for hydroxylation is 1. The molecule has 0 saturated carbocycles. The molecule has 4 heteroatoms. The van der Waals surface area contributed by atoms with Gasteiger partial charge in [0.15, 0.2) is 0 Å². The van der Waals surface area contributed by atoms with Gasteiger partial charge in [0.25, 0.3) is 0 Å². The number of nitrogens with one attached hydrogen (secondary N) is 1. The first-order valence-corrected chi connectivity index (χ1v) is 5.25. The standard InChI is InChI=1S/C10H18N4/c1-3-14-8-10(6-11-14)12-9-4-5-13(2)7-9/h6,8-9,12H,3-5,7H2,1-2H3. The highest BCUT2D eigenvalue weighted by molar-refractivity contribution is 5.39. The van der Waals surface area contributed by atoms with Gasteiger partial charge in [0.05, 0.1) is 11.9 Å². The van der Waals surface area contributed by atoms with Crippen LogP contribution in [0, 0.1) is 0 Å². The predicted molar refractivity (Wildman–Crippen MR) is 57.4 cm³/mol. The monoisotopic (exact) mass is 194 g/mol. The van der Waals surface area contributed by atoms with Gasteiger partial charge in [-0.05, 0) is 26.9 Å². The quantitative estimate of drug-likeness (QED) is 0.780. The van der Waals surface area contributed by atoms with Gasteiger partial charge >= 0.3 is 0 Å². The molecule has 14 heavy (non-hydrogen) atoms. The Morgan fingerprint density at radius 2 is 2.50 bits per heavy atom. The number of likely N-dealkylation sites (tertiary alicyclic amines) is 1. The minimum absolute atomic E-state index is 0.592. The van der Waals surface area contributed by atoms with E-state index in [1.807, 2.05) is 10.9 Å². The minimum atomic E-state index is 0.592. The number of likely N-dealkylation sites (N-methyl/N-ethyl adjacent to an activating group) is 1. The lowest BCUT2D eigenvalue weighted by Crippen LogP contribution is -2.23. The van der Waals surface area contributed by atoms with Crippen LogP contribution in [-0.2, 0) is 6.54 Å². The Bertz CT molecular complexity index is 294. The van der Waals surface area contributed by atoms with Crippen LogP contribution in [0.1, 0.15) is 13.3 Å². The summed E-state index contributed by atoms with van der Waals surface area (Å²) < 4.78 is 1.95. The molecule has 1 N–H and O–H groups in total. The van der Waals surface area contributed by atoms with Gasteiger partial charge in [0.1, 0.15) is 0 Å². The van der Waals surface area contributed by atoms with Crippen molar-refractivity contribution in [3.8, 4) is 0 Å². The van der Waals surface area contributed by atoms with Crippen molar-refractivity contribution in [1.29, 1.82) is 0 Å². The summed E-state index contributed by atoms with van der Waals surface area (Å²) in [5, 5.41) is 7.74. The van der Waals surface area contributed by atoms with Crippen molar-refractivity contribution in [3.63, 3.8) is 0 Å². The van der Waals surface area contributed by atoms with Gasteiger partial charge in [-0.3, -0.25) is 4.68 Å². The topological polar surface area (TPSA) is 33.1 Å². The highest BCUT2D eigenvalue weighted by Gasteiger charge is 2.19. The van der Waals surface area contributed by atoms with Crippen LogP contribution in [0.25, 0.3) is 0 Å². The number of nitrogens with zero attached hydrogens (tertiary/aromatic N) is 3. The van der Waals surface area contributed by atoms with Crippen LogP contribution >= 0.6 is 0 Å². The molecule has 0 aliphatic carbocycles. The van der Waals surface area contributed by atoms with E-state index in [9.17, 15) is 0 Å². The smallest absolute Gasteiger partial charge is 0.0729 e. The molecule has 1 atom stereocenters. The van der Waals surface area contributed by atoms with E-state index >= 15 is 0 Å². The van der Waals surface area contributed by atoms with Crippen LogP contribution in [0.5, 0.6) is 0 Å². The van der Waals surface area contributed by atoms with Crippen molar-refractivity contribution in [3.05, 3.63) is 12.4 Å². The van der Waals surface area contributed by atoms with Crippen LogP contribution in [0.3, 0.4) is 0 Å². The molecule has 1 aliphatic heterocycles. The summed E-state index contributed by atoms with van der Waals surface area (Å²) in [5.74, 6) is 0. The van der Waals surface area contributed by atoms with Crippen molar-refractivity contribution in [2.75, 3.05) is 25.5 Å². The highest BCUT2D eigenvalue weighted by Crippen LogP contribution is 2.13. The van der Waals surface area contributed by atoms with Crippen molar-refractivity contribution in [2.24, 2.45) is 0 Å². The molecule has 1 unspecified atom stereocenters. The van der Waals surface area contributed by atoms with Crippen LogP contribution in [-0.4, -0.2) is 40.9 Å². The molecule has 1 fully saturated rings. The van der Waals surface area contributed by atoms with Gasteiger partial charge in [0.2, 0.25) is 0 Å². The van der Waals surface area contributed by atoms with Gasteiger partial charge in [-0.2, -0.15) is 5.10 Å². The van der Waals surface area contributed by atoms with Crippen LogP contribution in [0.15, 0.2) is 12.4 Å². The number of rotatable bonds is 3. The van der Waals surface area contributed by atoms with Crippen molar-refractivity contribution in [1.82, 2.24) is 14.7 Å². The van der Waals surface area contributed by atoms with E-state index in [4.69, 9.17) is 0 Å². The molecule has 2 rings (SSSR count). The van der Waals surface area contributed by atoms with Gasteiger partial charge < -0.3 is 10.2 Å². The molecule has 0 bridgehead atoms. The molecule has 0 radical (unpaired) electrons. The van der Waals surface area contributed by atoms with Crippen LogP contribution in [0.4, 0.5) is 5.69 Å². The van der Waals surface area contributed by atoms with E-state index in [2.05, 4.69) is 35.5 Å². The minimum Gasteiger partial charge on any atom is -0.378 e. The maximum atomic E-state index is 4.24. The molecule has 1 aliphatic rings. The van der Waals surface area contributed by atoms with E-state index in [-0.39, 0.29) is 0 Å². The Hall–Kier alpha value is -1.03. The zero-order chi connectivity index (χ0) is 9.97. The first-order chi connectivity index (χ1) is 6.78. The predicted octanol–water partition coefficient (Wildman–Crippen LogP) is 1.02. The van der Waals surface area contributed by atoms with Crippen molar-refractivity contribution >= 4 is 5.69 Å². The van der Waals surface area contributed by atoms with E-state index in [0.717, 1.165) is 18.8 Å². The van der Waals surface area contributed by atoms with Crippen molar-refractivity contribution in [2.45, 2.75) is 25.9 Å². The lowest BCUT2D eigenvalue weighted by molar-refractivity contribution is 0.414. The Morgan fingerprint density at radius 1 is 1.64 bits per heavy atom. The summed E-state index contributed by atoms with van der Waals surface area (Å²) in [7, 11) is 2.16. The molecule has 0 spiro atoms. The lowest BCUT2D eigenvalue weighted by Gasteiger charge is -2.11. The average molecular weight is 194 g/mol. The lowest BCUT2D eigenvalue weighted by atomic mass is 10.2. The van der Waals surface area contributed by atoms with Crippen molar-refractivity contribution < 1.29 is 0 Å². The highest BCUT2D eigenvalue weighted by atomic mass is 15.3. The summed E-state index contributed by atoms with van der Waals surface area (Å²) in [6.07, 6.45) is 5.20. The maximum absolute atomic E-state index is 4.24. The summed E-state index contributed by atoms with van der Waals surface area (Å²) in [6.45, 7) is 5.36. The molecule has 0 amide bonds. The van der Waals surface area contributed by atoms with E-state index < -0.39 is 0 Å². The second-order valence-corrected chi connectivity index (χ2v) is 3.98. The Kier molecular flexibility index (Phi) is 2.72. The second-order valence-electron chi connectivity index (χ2n) is 3.98. The SMILES string of the molecule is CCn1cc(NC2CCN(C)C2)cn1. The Balaban J connectivity index is 1.90. The third-order valence-corrected chi connectivity index (χ3v) is 2.72. The fourth-order valence-corrected chi connectivity index (χ4v) is 1.90. The second kappa shape index (κ2) is 4.00. The first kappa shape index (κ1) is 9.52. The van der Waals surface area contributed by atoms with Crippen LogP contribution < -0.4 is 5.32 Å². The summed E-state index contributed by atoms with van der Waals surface area (Å²) in [4.78, 5) is 2.35. The van der Waals surface area contributed by atoms with E-state index in [0.29, 0.717) is 6.04 Å². The summed E-state index contributed by atoms with van der Waals surface area (Å²) in [5.41, 5.74) is 1.15. The number of anilines is 1. The van der Waals surface area contributed by atoms with E-state index in [1.165, 1.54) is 13.0 Å². The molecule has 1 saturated heterocycles. The molecule has 1 aromatic heterocycles. The number of hydrogen-bond donors (Lipinski definition) is 1. The van der Waals surface area contributed by atoms with Gasteiger partial charge in [-0.25, -0.2) is 0 Å². The third-order valence-electron chi connectivity index (χ3n) is 2.72. The first-order valence-electron chi connectivity index (χ1n) is 5.25. The number of hydrogen-bond acceptors (Lipinski definition) is 3. The summed E-state index contributed by atoms with van der Waals surface area (Å²) >= 11 is 0. The molecule has 78 valence electrons. The van der Waals surface area contributed by atoms with Gasteiger partial charge in [0, 0.05) is 25.3 Å². The molecule has 0 aromatic carbocycles. The Morgan fingerprint density at radius 3 is 3.07 bits per heavy atom. The largest absolute Gasteiger partial charge is 0.378 e. The third kappa shape index (κ3) is 2.07. The summed E-state index contributed by atoms with van der Waals surface area (Å²) in [6, 6.07) is 0.592. The molecule has 1 aromatic rings. The maximum Gasteiger partial charge on any atom is 0.0729 e. The van der Waals surface area contributed by atoms with E-state index in [1.54, 1.807) is 0 Å². The molecular formula is C10H18N4.